The number of carbonyl (C=O) groups is 2. The van der Waals surface area contributed by atoms with Crippen molar-refractivity contribution in [1.29, 1.82) is 0 Å². The van der Waals surface area contributed by atoms with E-state index in [0.717, 1.165) is 34.2 Å². The Kier molecular flexibility index (Phi) is 8.00. The zero-order valence-corrected chi connectivity index (χ0v) is 18.6. The fourth-order valence-electron chi connectivity index (χ4n) is 3.31. The van der Waals surface area contributed by atoms with Crippen LogP contribution in [0, 0.1) is 20.8 Å². The van der Waals surface area contributed by atoms with Gasteiger partial charge >= 0.3 is 0 Å². The Bertz CT molecular complexity index is 860. The highest BCUT2D eigenvalue weighted by Gasteiger charge is 2.27. The predicted molar refractivity (Wildman–Crippen MR) is 119 cm³/mol. The van der Waals surface area contributed by atoms with Crippen molar-refractivity contribution in [3.05, 3.63) is 70.3 Å². The monoisotopic (exact) mass is 394 g/mol. The molecule has 2 rings (SSSR count). The molecule has 0 radical (unpaired) electrons. The van der Waals surface area contributed by atoms with Crippen molar-refractivity contribution in [3.8, 4) is 0 Å². The molecular formula is C25H34N2O2. The van der Waals surface area contributed by atoms with Gasteiger partial charge in [-0.2, -0.15) is 0 Å². The molecule has 1 N–H and O–H groups in total. The van der Waals surface area contributed by atoms with Crippen LogP contribution >= 0.6 is 0 Å². The number of carbonyl (C=O) groups excluding carboxylic acids is 2. The van der Waals surface area contributed by atoms with Crippen molar-refractivity contribution in [3.63, 3.8) is 0 Å². The van der Waals surface area contributed by atoms with Crippen LogP contribution in [0.1, 0.15) is 55.0 Å². The Morgan fingerprint density at radius 3 is 2.34 bits per heavy atom. The largest absolute Gasteiger partial charge is 0.352 e. The zero-order chi connectivity index (χ0) is 21.6. The fraction of sp³-hybridized carbons (Fsp3) is 0.440. The molecule has 0 unspecified atom stereocenters. The Morgan fingerprint density at radius 1 is 1.00 bits per heavy atom. The van der Waals surface area contributed by atoms with Gasteiger partial charge in [0.15, 0.2) is 0 Å². The van der Waals surface area contributed by atoms with Gasteiger partial charge in [-0.25, -0.2) is 0 Å². The minimum atomic E-state index is -0.540. The number of nitrogens with zero attached hydrogens (tertiary/aromatic N) is 1. The van der Waals surface area contributed by atoms with E-state index in [1.54, 1.807) is 4.90 Å². The van der Waals surface area contributed by atoms with Gasteiger partial charge in [-0.1, -0.05) is 60.5 Å². The second kappa shape index (κ2) is 10.2. The third-order valence-corrected chi connectivity index (χ3v) is 5.45. The second-order valence-electron chi connectivity index (χ2n) is 8.11. The lowest BCUT2D eigenvalue weighted by Gasteiger charge is -2.30. The van der Waals surface area contributed by atoms with E-state index in [1.807, 2.05) is 65.8 Å². The Hall–Kier alpha value is -2.62. The smallest absolute Gasteiger partial charge is 0.242 e. The van der Waals surface area contributed by atoms with Crippen LogP contribution in [0.25, 0.3) is 0 Å². The van der Waals surface area contributed by atoms with Gasteiger partial charge in [0, 0.05) is 12.6 Å². The number of aryl methyl sites for hydroxylation is 3. The molecule has 156 valence electrons. The van der Waals surface area contributed by atoms with E-state index in [4.69, 9.17) is 0 Å². The molecule has 0 heterocycles. The lowest BCUT2D eigenvalue weighted by atomic mass is 10.0. The molecule has 29 heavy (non-hydrogen) atoms. The van der Waals surface area contributed by atoms with E-state index in [-0.39, 0.29) is 17.9 Å². The predicted octanol–water partition coefficient (Wildman–Crippen LogP) is 4.49. The summed E-state index contributed by atoms with van der Waals surface area (Å²) in [5, 5.41) is 3.01. The van der Waals surface area contributed by atoms with Crippen LogP contribution in [-0.2, 0) is 22.6 Å². The average molecular weight is 395 g/mol. The topological polar surface area (TPSA) is 49.4 Å². The first kappa shape index (κ1) is 22.7. The maximum Gasteiger partial charge on any atom is 0.242 e. The number of amides is 2. The Balaban J connectivity index is 2.28. The van der Waals surface area contributed by atoms with E-state index in [2.05, 4.69) is 23.5 Å². The van der Waals surface area contributed by atoms with Crippen LogP contribution in [0.15, 0.2) is 42.5 Å². The maximum atomic E-state index is 13.3. The van der Waals surface area contributed by atoms with Crippen LogP contribution in [0.2, 0.25) is 0 Å². The molecule has 0 saturated heterocycles. The van der Waals surface area contributed by atoms with Gasteiger partial charge in [0.2, 0.25) is 11.8 Å². The minimum Gasteiger partial charge on any atom is -0.352 e. The second-order valence-corrected chi connectivity index (χ2v) is 8.11. The molecule has 0 aromatic heterocycles. The highest BCUT2D eigenvalue weighted by atomic mass is 16.2. The van der Waals surface area contributed by atoms with Crippen molar-refractivity contribution < 1.29 is 9.59 Å². The molecule has 0 aliphatic rings. The zero-order valence-electron chi connectivity index (χ0n) is 18.6. The van der Waals surface area contributed by atoms with Gasteiger partial charge in [0.05, 0.1) is 6.42 Å². The lowest BCUT2D eigenvalue weighted by molar-refractivity contribution is -0.140. The molecule has 0 spiro atoms. The first-order valence-electron chi connectivity index (χ1n) is 10.4. The average Bonchev–Trinajstić information content (AvgIpc) is 2.68. The third kappa shape index (κ3) is 6.45. The fourth-order valence-corrected chi connectivity index (χ4v) is 3.31. The molecule has 0 aliphatic heterocycles. The number of hydrogen-bond donors (Lipinski definition) is 1. The summed E-state index contributed by atoms with van der Waals surface area (Å²) in [6.45, 7) is 12.3. The standard InChI is InChI=1S/C25H34N2O2/c1-7-20(5)26-25(29)21(6)27(16-22-10-8-9-17(2)13-22)24(28)15-23-14-18(3)11-12-19(23)4/h8-14,20-21H,7,15-16H2,1-6H3,(H,26,29)/t20-,21+/m1/s1. The van der Waals surface area contributed by atoms with Crippen LogP contribution in [0.4, 0.5) is 0 Å². The number of benzene rings is 2. The number of rotatable bonds is 8. The van der Waals surface area contributed by atoms with Crippen molar-refractivity contribution in [2.45, 2.75) is 73.0 Å². The first-order valence-corrected chi connectivity index (χ1v) is 10.4. The summed E-state index contributed by atoms with van der Waals surface area (Å²) in [4.78, 5) is 27.8. The molecule has 2 atom stereocenters. The van der Waals surface area contributed by atoms with E-state index in [9.17, 15) is 9.59 Å². The van der Waals surface area contributed by atoms with Crippen molar-refractivity contribution in [2.75, 3.05) is 0 Å². The molecule has 0 saturated carbocycles. The third-order valence-electron chi connectivity index (χ3n) is 5.45. The summed E-state index contributed by atoms with van der Waals surface area (Å²) in [5.74, 6) is -0.145. The maximum absolute atomic E-state index is 13.3. The molecule has 2 aromatic carbocycles. The summed E-state index contributed by atoms with van der Waals surface area (Å²) in [5.41, 5.74) is 5.41. The van der Waals surface area contributed by atoms with Gasteiger partial charge in [0.25, 0.3) is 0 Å². The first-order chi connectivity index (χ1) is 13.7. The quantitative estimate of drug-likeness (QED) is 0.717. The highest BCUT2D eigenvalue weighted by molar-refractivity contribution is 5.88. The molecule has 4 nitrogen and oxygen atoms in total. The van der Waals surface area contributed by atoms with E-state index in [0.29, 0.717) is 13.0 Å². The molecular weight excluding hydrogens is 360 g/mol. The van der Waals surface area contributed by atoms with Gasteiger partial charge in [-0.05, 0) is 57.7 Å². The van der Waals surface area contributed by atoms with Crippen LogP contribution in [0.3, 0.4) is 0 Å². The molecule has 0 bridgehead atoms. The molecule has 4 heteroatoms. The SMILES string of the molecule is CC[C@@H](C)NC(=O)[C@H](C)N(Cc1cccc(C)c1)C(=O)Cc1cc(C)ccc1C. The van der Waals surface area contributed by atoms with Crippen LogP contribution in [0.5, 0.6) is 0 Å². The lowest BCUT2D eigenvalue weighted by Crippen LogP contribution is -2.50. The summed E-state index contributed by atoms with van der Waals surface area (Å²) in [7, 11) is 0. The highest BCUT2D eigenvalue weighted by Crippen LogP contribution is 2.17. The van der Waals surface area contributed by atoms with Crippen molar-refractivity contribution in [2.24, 2.45) is 0 Å². The van der Waals surface area contributed by atoms with E-state index >= 15 is 0 Å². The molecule has 2 aromatic rings. The minimum absolute atomic E-state index is 0.0352. The van der Waals surface area contributed by atoms with Crippen molar-refractivity contribution in [1.82, 2.24) is 10.2 Å². The van der Waals surface area contributed by atoms with E-state index < -0.39 is 6.04 Å². The number of nitrogens with one attached hydrogen (secondary N) is 1. The van der Waals surface area contributed by atoms with Crippen LogP contribution < -0.4 is 5.32 Å². The summed E-state index contributed by atoms with van der Waals surface area (Å²) < 4.78 is 0. The van der Waals surface area contributed by atoms with Gasteiger partial charge in [-0.15, -0.1) is 0 Å². The summed E-state index contributed by atoms with van der Waals surface area (Å²) in [6.07, 6.45) is 1.15. The molecule has 0 fully saturated rings. The normalized spacial score (nSPS) is 12.9. The summed E-state index contributed by atoms with van der Waals surface area (Å²) >= 11 is 0. The number of hydrogen-bond acceptors (Lipinski definition) is 2. The van der Waals surface area contributed by atoms with E-state index in [1.165, 1.54) is 0 Å². The van der Waals surface area contributed by atoms with Crippen LogP contribution in [-0.4, -0.2) is 28.8 Å². The van der Waals surface area contributed by atoms with Gasteiger partial charge < -0.3 is 10.2 Å². The summed E-state index contributed by atoms with van der Waals surface area (Å²) in [6, 6.07) is 13.8. The van der Waals surface area contributed by atoms with Gasteiger partial charge in [-0.3, -0.25) is 9.59 Å². The molecule has 0 aliphatic carbocycles. The van der Waals surface area contributed by atoms with Gasteiger partial charge in [0.1, 0.15) is 6.04 Å². The molecule has 2 amide bonds. The Morgan fingerprint density at radius 2 is 1.69 bits per heavy atom. The van der Waals surface area contributed by atoms with Crippen molar-refractivity contribution >= 4 is 11.8 Å². The Labute approximate surface area is 175 Å².